The van der Waals surface area contributed by atoms with Crippen LogP contribution in [0.5, 0.6) is 0 Å². The molecule has 2 heterocycles. The monoisotopic (exact) mass is 503 g/mol. The number of carbonyl (C=O) groups is 1. The van der Waals surface area contributed by atoms with Gasteiger partial charge in [0.25, 0.3) is 0 Å². The molecule has 2 aromatic rings. The Morgan fingerprint density at radius 1 is 1.61 bits per heavy atom. The van der Waals surface area contributed by atoms with Gasteiger partial charge in [-0.2, -0.15) is 0 Å². The van der Waals surface area contributed by atoms with Crippen molar-refractivity contribution in [1.82, 2.24) is 9.97 Å². The van der Waals surface area contributed by atoms with Crippen LogP contribution in [0.1, 0.15) is 33.4 Å². The number of hydrogen-bond donors (Lipinski definition) is 2. The summed E-state index contributed by atoms with van der Waals surface area (Å²) in [5.41, 5.74) is 2.18. The van der Waals surface area contributed by atoms with Crippen LogP contribution in [0.25, 0.3) is 17.3 Å². The first kappa shape index (κ1) is 17.9. The van der Waals surface area contributed by atoms with Gasteiger partial charge in [0.05, 0.1) is 0 Å². The summed E-state index contributed by atoms with van der Waals surface area (Å²) in [6, 6.07) is 1.60. The molecule has 0 aliphatic heterocycles. The van der Waals surface area contributed by atoms with Crippen LogP contribution < -0.4 is 4.98 Å². The molecule has 0 aliphatic carbocycles. The van der Waals surface area contributed by atoms with Crippen LogP contribution in [-0.4, -0.2) is 39.3 Å². The van der Waals surface area contributed by atoms with E-state index in [1.807, 2.05) is 17.4 Å². The molecule has 0 saturated carbocycles. The summed E-state index contributed by atoms with van der Waals surface area (Å²) in [5.74, 6) is 0.0666. The van der Waals surface area contributed by atoms with Gasteiger partial charge in [-0.15, -0.1) is 0 Å². The molecule has 0 amide bonds. The number of allylic oxidation sites excluding steroid dienone is 1. The summed E-state index contributed by atoms with van der Waals surface area (Å²) in [6.45, 7) is 1.52. The molecule has 0 aromatic carbocycles. The van der Waals surface area contributed by atoms with E-state index in [4.69, 9.17) is 4.74 Å². The van der Waals surface area contributed by atoms with Gasteiger partial charge in [-0.25, -0.2) is 0 Å². The number of rotatable bonds is 6. The molecule has 2 N–H and O–H groups in total. The molecule has 0 fully saturated rings. The second kappa shape index (κ2) is 7.92. The first-order chi connectivity index (χ1) is 11.0. The molecule has 1 atom stereocenters. The zero-order chi connectivity index (χ0) is 17.0. The second-order valence-electron chi connectivity index (χ2n) is 4.70. The SMILES string of the molecule is COC(=O)c1cc(-c2cnc(/C=C(/C)[CH]=[W])[n-]2)c(C(O)CO)s1. The quantitative estimate of drug-likeness (QED) is 0.579. The van der Waals surface area contributed by atoms with Crippen molar-refractivity contribution in [2.45, 2.75) is 13.0 Å². The van der Waals surface area contributed by atoms with E-state index < -0.39 is 18.7 Å². The maximum atomic E-state index is 11.7. The van der Waals surface area contributed by atoms with Crippen LogP contribution >= 0.6 is 11.3 Å². The molecule has 122 valence electrons. The van der Waals surface area contributed by atoms with Gasteiger partial charge in [0, 0.05) is 0 Å². The molecule has 6 nitrogen and oxygen atoms in total. The number of carbonyl (C=O) groups excluding carboxylic acids is 1. The van der Waals surface area contributed by atoms with E-state index in [0.717, 1.165) is 16.9 Å². The number of aromatic nitrogens is 2. The van der Waals surface area contributed by atoms with E-state index in [9.17, 15) is 15.0 Å². The van der Waals surface area contributed by atoms with Crippen LogP contribution in [0.2, 0.25) is 0 Å². The third-order valence-electron chi connectivity index (χ3n) is 3.00. The van der Waals surface area contributed by atoms with Crippen molar-refractivity contribution in [3.8, 4) is 11.3 Å². The van der Waals surface area contributed by atoms with Crippen molar-refractivity contribution >= 4 is 27.8 Å². The zero-order valence-corrected chi connectivity index (χ0v) is 16.3. The molecule has 0 spiro atoms. The van der Waals surface area contributed by atoms with Crippen LogP contribution in [0.3, 0.4) is 0 Å². The predicted molar refractivity (Wildman–Crippen MR) is 84.0 cm³/mol. The van der Waals surface area contributed by atoms with Gasteiger partial charge in [-0.3, -0.25) is 0 Å². The Labute approximate surface area is 148 Å². The third-order valence-corrected chi connectivity index (χ3v) is 5.55. The van der Waals surface area contributed by atoms with E-state index in [1.54, 1.807) is 12.3 Å². The molecule has 1 unspecified atom stereocenters. The van der Waals surface area contributed by atoms with Gasteiger partial charge in [-0.05, 0) is 0 Å². The second-order valence-corrected chi connectivity index (χ2v) is 6.63. The summed E-state index contributed by atoms with van der Waals surface area (Å²) in [4.78, 5) is 21.1. The topological polar surface area (TPSA) is 93.8 Å². The van der Waals surface area contributed by atoms with E-state index >= 15 is 0 Å². The molecular formula is C15H15N2O4SW-. The number of hydrogen-bond acceptors (Lipinski definition) is 6. The van der Waals surface area contributed by atoms with Crippen molar-refractivity contribution in [3.63, 3.8) is 0 Å². The molecule has 0 aliphatic rings. The van der Waals surface area contributed by atoms with Crippen molar-refractivity contribution in [1.29, 1.82) is 0 Å². The number of nitrogens with zero attached hydrogens (tertiary/aromatic N) is 2. The van der Waals surface area contributed by atoms with Gasteiger partial charge in [-0.1, -0.05) is 0 Å². The molecule has 0 saturated heterocycles. The van der Waals surface area contributed by atoms with E-state index in [2.05, 4.69) is 9.97 Å². The first-order valence-corrected chi connectivity index (χ1v) is 9.15. The predicted octanol–water partition coefficient (Wildman–Crippen LogP) is 1.33. The Hall–Kier alpha value is -1.40. The normalized spacial score (nSPS) is 13.0. The van der Waals surface area contributed by atoms with E-state index in [0.29, 0.717) is 26.8 Å². The van der Waals surface area contributed by atoms with Gasteiger partial charge in [0.1, 0.15) is 0 Å². The van der Waals surface area contributed by atoms with E-state index in [-0.39, 0.29) is 0 Å². The average Bonchev–Trinajstić information content (AvgIpc) is 3.19. The summed E-state index contributed by atoms with van der Waals surface area (Å²) < 4.78 is 6.73. The standard InChI is InChI=1S/C15H15N2O4S.W/c1-8(2)4-13-16-6-10(17-13)9-5-12(15(20)21-3)22-14(9)11(19)7-18;/h1,4-6,11,18-19H,7H2,2-3H3;/q-1;/b8-4+;. The minimum absolute atomic E-state index is 0.340. The Morgan fingerprint density at radius 2 is 2.35 bits per heavy atom. The molecule has 0 bridgehead atoms. The maximum absolute atomic E-state index is 11.7. The first-order valence-electron chi connectivity index (χ1n) is 6.64. The summed E-state index contributed by atoms with van der Waals surface area (Å²) in [5, 5.41) is 19.2. The number of ether oxygens (including phenoxy) is 1. The fourth-order valence-electron chi connectivity index (χ4n) is 1.88. The molecule has 8 heteroatoms. The van der Waals surface area contributed by atoms with Crippen LogP contribution in [0.15, 0.2) is 17.8 Å². The minimum atomic E-state index is -1.08. The number of esters is 1. The van der Waals surface area contributed by atoms with Crippen LogP contribution in [-0.2, 0) is 24.1 Å². The number of methoxy groups -OCH3 is 1. The fraction of sp³-hybridized carbons (Fsp3) is 0.267. The number of imidazole rings is 1. The van der Waals surface area contributed by atoms with E-state index in [1.165, 1.54) is 26.5 Å². The summed E-state index contributed by atoms with van der Waals surface area (Å²) >= 11 is 2.42. The third kappa shape index (κ3) is 4.12. The molecule has 2 aromatic heterocycles. The Bertz CT molecular complexity index is 750. The summed E-state index contributed by atoms with van der Waals surface area (Å²) in [6.07, 6.45) is 2.35. The zero-order valence-electron chi connectivity index (χ0n) is 12.5. The molecule has 0 radical (unpaired) electrons. The number of aliphatic hydroxyl groups excluding tert-OH is 2. The van der Waals surface area contributed by atoms with Gasteiger partial charge in [0.2, 0.25) is 0 Å². The van der Waals surface area contributed by atoms with Crippen molar-refractivity contribution in [3.05, 3.63) is 33.4 Å². The van der Waals surface area contributed by atoms with Gasteiger partial charge < -0.3 is 0 Å². The Kier molecular flexibility index (Phi) is 6.18. The molecular weight excluding hydrogens is 488 g/mol. The Morgan fingerprint density at radius 3 is 2.96 bits per heavy atom. The van der Waals surface area contributed by atoms with Crippen molar-refractivity contribution in [2.75, 3.05) is 13.7 Å². The molecule has 23 heavy (non-hydrogen) atoms. The van der Waals surface area contributed by atoms with Crippen molar-refractivity contribution in [2.24, 2.45) is 0 Å². The summed E-state index contributed by atoms with van der Waals surface area (Å²) in [7, 11) is 1.29. The van der Waals surface area contributed by atoms with Gasteiger partial charge >= 0.3 is 148 Å². The van der Waals surface area contributed by atoms with Crippen LogP contribution in [0, 0.1) is 0 Å². The fourth-order valence-corrected chi connectivity index (χ4v) is 3.19. The average molecular weight is 503 g/mol. The molecule has 2 rings (SSSR count). The van der Waals surface area contributed by atoms with Crippen molar-refractivity contribution < 1.29 is 39.1 Å². The number of aliphatic hydroxyl groups is 2. The van der Waals surface area contributed by atoms with Gasteiger partial charge in [0.15, 0.2) is 0 Å². The van der Waals surface area contributed by atoms with Crippen LogP contribution in [0.4, 0.5) is 0 Å². The number of thiophene rings is 1. The Balaban J connectivity index is 2.47.